The Labute approximate surface area is 172 Å². The summed E-state index contributed by atoms with van der Waals surface area (Å²) in [6.45, 7) is 0.366. The van der Waals surface area contributed by atoms with Crippen LogP contribution in [0, 0.1) is 21.4 Å². The van der Waals surface area contributed by atoms with E-state index >= 15 is 0 Å². The van der Waals surface area contributed by atoms with E-state index in [4.69, 9.17) is 9.15 Å². The number of nitro benzene ring substituents is 1. The molecule has 0 spiro atoms. The summed E-state index contributed by atoms with van der Waals surface area (Å²) in [6, 6.07) is 18.3. The first-order valence-electron chi connectivity index (χ1n) is 8.94. The van der Waals surface area contributed by atoms with Gasteiger partial charge in [0.1, 0.15) is 29.8 Å². The summed E-state index contributed by atoms with van der Waals surface area (Å²) in [5.41, 5.74) is 1.30. The van der Waals surface area contributed by atoms with Crippen LogP contribution in [0.4, 0.5) is 5.69 Å². The van der Waals surface area contributed by atoms with Gasteiger partial charge in [-0.05, 0) is 41.5 Å². The Hall–Kier alpha value is -4.38. The third kappa shape index (κ3) is 5.56. The summed E-state index contributed by atoms with van der Waals surface area (Å²) in [7, 11) is 0. The Morgan fingerprint density at radius 2 is 2.00 bits per heavy atom. The van der Waals surface area contributed by atoms with Crippen molar-refractivity contribution in [3.8, 4) is 11.8 Å². The van der Waals surface area contributed by atoms with Crippen LogP contribution in [0.25, 0.3) is 6.08 Å². The molecule has 8 nitrogen and oxygen atoms in total. The summed E-state index contributed by atoms with van der Waals surface area (Å²) >= 11 is 0. The van der Waals surface area contributed by atoms with E-state index in [9.17, 15) is 20.2 Å². The van der Waals surface area contributed by atoms with Crippen molar-refractivity contribution >= 4 is 17.7 Å². The predicted molar refractivity (Wildman–Crippen MR) is 108 cm³/mol. The van der Waals surface area contributed by atoms with Gasteiger partial charge in [-0.2, -0.15) is 5.26 Å². The van der Waals surface area contributed by atoms with Crippen LogP contribution in [-0.2, 0) is 17.9 Å². The minimum absolute atomic E-state index is 0.00550. The monoisotopic (exact) mass is 403 g/mol. The first-order chi connectivity index (χ1) is 14.5. The highest BCUT2D eigenvalue weighted by atomic mass is 16.6. The Balaban J connectivity index is 1.59. The number of nitrogens with zero attached hydrogens (tertiary/aromatic N) is 2. The first-order valence-corrected chi connectivity index (χ1v) is 8.94. The Kier molecular flexibility index (Phi) is 6.59. The summed E-state index contributed by atoms with van der Waals surface area (Å²) < 4.78 is 10.8. The molecule has 0 fully saturated rings. The zero-order valence-electron chi connectivity index (χ0n) is 15.8. The van der Waals surface area contributed by atoms with Crippen LogP contribution in [0.5, 0.6) is 5.75 Å². The third-order valence-corrected chi connectivity index (χ3v) is 4.09. The van der Waals surface area contributed by atoms with Crippen molar-refractivity contribution in [2.24, 2.45) is 0 Å². The molecule has 1 amide bonds. The van der Waals surface area contributed by atoms with Crippen LogP contribution in [-0.4, -0.2) is 10.8 Å². The Morgan fingerprint density at radius 1 is 1.20 bits per heavy atom. The van der Waals surface area contributed by atoms with Gasteiger partial charge in [0.2, 0.25) is 0 Å². The average Bonchev–Trinajstić information content (AvgIpc) is 3.29. The second kappa shape index (κ2) is 9.71. The van der Waals surface area contributed by atoms with Crippen molar-refractivity contribution in [1.82, 2.24) is 5.32 Å². The number of amides is 1. The molecule has 8 heteroatoms. The van der Waals surface area contributed by atoms with Gasteiger partial charge < -0.3 is 14.5 Å². The molecule has 3 rings (SSSR count). The van der Waals surface area contributed by atoms with Gasteiger partial charge in [-0.25, -0.2) is 0 Å². The number of benzene rings is 2. The summed E-state index contributed by atoms with van der Waals surface area (Å²) in [5.74, 6) is 0.644. The summed E-state index contributed by atoms with van der Waals surface area (Å²) in [6.07, 6.45) is 2.98. The van der Waals surface area contributed by atoms with E-state index in [1.165, 1.54) is 24.5 Å². The Morgan fingerprint density at radius 3 is 2.67 bits per heavy atom. The van der Waals surface area contributed by atoms with E-state index in [1.54, 1.807) is 48.5 Å². The fraction of sp³-hybridized carbons (Fsp3) is 0.0909. The number of nitro groups is 1. The van der Waals surface area contributed by atoms with Crippen molar-refractivity contribution in [2.45, 2.75) is 13.2 Å². The molecule has 0 saturated carbocycles. The van der Waals surface area contributed by atoms with Gasteiger partial charge in [-0.1, -0.05) is 24.3 Å². The van der Waals surface area contributed by atoms with Crippen molar-refractivity contribution < 1.29 is 18.9 Å². The molecule has 0 atom stereocenters. The van der Waals surface area contributed by atoms with Gasteiger partial charge in [0, 0.05) is 12.1 Å². The molecule has 0 aliphatic heterocycles. The topological polar surface area (TPSA) is 118 Å². The standard InChI is InChI=1S/C22H17N3O5/c23-13-18(22(26)24-14-21-5-2-10-29-21)11-16-6-8-20(9-7-16)30-15-17-3-1-4-19(12-17)25(27)28/h1-12H,14-15H2,(H,24,26)/b18-11+. The van der Waals surface area contributed by atoms with Gasteiger partial charge >= 0.3 is 0 Å². The van der Waals surface area contributed by atoms with Crippen LogP contribution >= 0.6 is 0 Å². The molecule has 30 heavy (non-hydrogen) atoms. The van der Waals surface area contributed by atoms with E-state index in [2.05, 4.69) is 5.32 Å². The number of ether oxygens (including phenoxy) is 1. The summed E-state index contributed by atoms with van der Waals surface area (Å²) in [5, 5.41) is 22.7. The number of nitrogens with one attached hydrogen (secondary N) is 1. The predicted octanol–water partition coefficient (Wildman–Crippen LogP) is 3.99. The van der Waals surface area contributed by atoms with Crippen molar-refractivity contribution in [3.63, 3.8) is 0 Å². The highest BCUT2D eigenvalue weighted by Gasteiger charge is 2.10. The number of carbonyl (C=O) groups is 1. The van der Waals surface area contributed by atoms with E-state index < -0.39 is 10.8 Å². The zero-order chi connectivity index (χ0) is 21.3. The quantitative estimate of drug-likeness (QED) is 0.263. The lowest BCUT2D eigenvalue weighted by Crippen LogP contribution is -2.23. The van der Waals surface area contributed by atoms with Crippen LogP contribution < -0.4 is 10.1 Å². The molecule has 3 aromatic rings. The second-order valence-electron chi connectivity index (χ2n) is 6.22. The fourth-order valence-corrected chi connectivity index (χ4v) is 2.58. The number of rotatable bonds is 8. The van der Waals surface area contributed by atoms with Gasteiger partial charge in [0.05, 0.1) is 17.7 Å². The molecule has 2 aromatic carbocycles. The van der Waals surface area contributed by atoms with Crippen LogP contribution in [0.3, 0.4) is 0 Å². The van der Waals surface area contributed by atoms with Crippen molar-refractivity contribution in [3.05, 3.63) is 99.5 Å². The Bertz CT molecular complexity index is 1100. The van der Waals surface area contributed by atoms with E-state index in [0.29, 0.717) is 22.6 Å². The fourth-order valence-electron chi connectivity index (χ4n) is 2.58. The van der Waals surface area contributed by atoms with Gasteiger partial charge in [0.25, 0.3) is 11.6 Å². The molecule has 0 saturated heterocycles. The molecule has 0 radical (unpaired) electrons. The smallest absolute Gasteiger partial charge is 0.269 e. The highest BCUT2D eigenvalue weighted by Crippen LogP contribution is 2.18. The number of furan rings is 1. The zero-order valence-corrected chi connectivity index (χ0v) is 15.8. The van der Waals surface area contributed by atoms with E-state index in [1.807, 2.05) is 6.07 Å². The van der Waals surface area contributed by atoms with Gasteiger partial charge in [-0.15, -0.1) is 0 Å². The number of non-ortho nitro benzene ring substituents is 1. The molecular weight excluding hydrogens is 386 g/mol. The lowest BCUT2D eigenvalue weighted by Gasteiger charge is -2.07. The molecule has 0 aliphatic carbocycles. The average molecular weight is 403 g/mol. The molecule has 0 aliphatic rings. The van der Waals surface area contributed by atoms with Crippen molar-refractivity contribution in [2.75, 3.05) is 0 Å². The lowest BCUT2D eigenvalue weighted by atomic mass is 10.1. The minimum atomic E-state index is -0.500. The van der Waals surface area contributed by atoms with Crippen LogP contribution in [0.15, 0.2) is 76.9 Å². The largest absolute Gasteiger partial charge is 0.489 e. The molecule has 1 aromatic heterocycles. The molecular formula is C22H17N3O5. The van der Waals surface area contributed by atoms with Crippen LogP contribution in [0.1, 0.15) is 16.9 Å². The van der Waals surface area contributed by atoms with Gasteiger partial charge in [-0.3, -0.25) is 14.9 Å². The molecule has 1 N–H and O–H groups in total. The molecule has 0 bridgehead atoms. The highest BCUT2D eigenvalue weighted by molar-refractivity contribution is 6.01. The van der Waals surface area contributed by atoms with Crippen LogP contribution in [0.2, 0.25) is 0 Å². The maximum Gasteiger partial charge on any atom is 0.269 e. The number of carbonyl (C=O) groups excluding carboxylic acids is 1. The molecule has 1 heterocycles. The molecule has 150 valence electrons. The number of nitriles is 1. The maximum absolute atomic E-state index is 12.2. The number of hydrogen-bond donors (Lipinski definition) is 1. The number of hydrogen-bond acceptors (Lipinski definition) is 6. The first kappa shape index (κ1) is 20.4. The lowest BCUT2D eigenvalue weighted by molar-refractivity contribution is -0.384. The van der Waals surface area contributed by atoms with E-state index in [0.717, 1.165) is 0 Å². The SMILES string of the molecule is N#C/C(=C\c1ccc(OCc2cccc([N+](=O)[O-])c2)cc1)C(=O)NCc1ccco1. The van der Waals surface area contributed by atoms with Gasteiger partial charge in [0.15, 0.2) is 0 Å². The minimum Gasteiger partial charge on any atom is -0.489 e. The second-order valence-corrected chi connectivity index (χ2v) is 6.22. The maximum atomic E-state index is 12.2. The third-order valence-electron chi connectivity index (χ3n) is 4.09. The van der Waals surface area contributed by atoms with E-state index in [-0.39, 0.29) is 24.4 Å². The molecule has 0 unspecified atom stereocenters. The summed E-state index contributed by atoms with van der Waals surface area (Å²) in [4.78, 5) is 22.5. The normalized spacial score (nSPS) is 10.8. The van der Waals surface area contributed by atoms with Crippen molar-refractivity contribution in [1.29, 1.82) is 5.26 Å².